The Morgan fingerprint density at radius 1 is 1.12 bits per heavy atom. The van der Waals surface area contributed by atoms with E-state index in [9.17, 15) is 9.59 Å². The maximum absolute atomic E-state index is 11.8. The van der Waals surface area contributed by atoms with Crippen molar-refractivity contribution in [1.82, 2.24) is 5.43 Å². The summed E-state index contributed by atoms with van der Waals surface area (Å²) in [6, 6.07) is 13.7. The molecule has 0 heterocycles. The van der Waals surface area contributed by atoms with Gasteiger partial charge in [0, 0.05) is 16.3 Å². The summed E-state index contributed by atoms with van der Waals surface area (Å²) in [5, 5.41) is 6.67. The Kier molecular flexibility index (Phi) is 6.33. The monoisotopic (exact) mass is 345 g/mol. The number of hydrogen-bond acceptors (Lipinski definition) is 4. The van der Waals surface area contributed by atoms with Gasteiger partial charge >= 0.3 is 11.8 Å². The molecule has 0 fully saturated rings. The second-order valence-corrected chi connectivity index (χ2v) is 5.04. The van der Waals surface area contributed by atoms with E-state index in [0.29, 0.717) is 28.6 Å². The Labute approximate surface area is 144 Å². The molecule has 2 rings (SSSR count). The first-order valence-electron chi connectivity index (χ1n) is 7.22. The molecule has 2 aromatic rings. The van der Waals surface area contributed by atoms with Gasteiger partial charge in [-0.2, -0.15) is 5.10 Å². The second kappa shape index (κ2) is 8.69. The van der Waals surface area contributed by atoms with Crippen LogP contribution in [0.4, 0.5) is 5.69 Å². The first-order chi connectivity index (χ1) is 11.6. The molecule has 6 nitrogen and oxygen atoms in total. The molecule has 0 aromatic heterocycles. The van der Waals surface area contributed by atoms with Crippen molar-refractivity contribution in [3.05, 3.63) is 59.1 Å². The number of carbonyl (C=O) groups is 2. The van der Waals surface area contributed by atoms with Gasteiger partial charge < -0.3 is 10.1 Å². The topological polar surface area (TPSA) is 79.8 Å². The lowest BCUT2D eigenvalue weighted by molar-refractivity contribution is -0.136. The molecule has 0 saturated carbocycles. The van der Waals surface area contributed by atoms with Crippen LogP contribution >= 0.6 is 11.6 Å². The Morgan fingerprint density at radius 3 is 2.50 bits per heavy atom. The molecular formula is C17H16ClN3O3. The molecule has 0 spiro atoms. The van der Waals surface area contributed by atoms with Crippen LogP contribution in [0, 0.1) is 0 Å². The zero-order valence-corrected chi connectivity index (χ0v) is 13.7. The van der Waals surface area contributed by atoms with Crippen molar-refractivity contribution < 1.29 is 14.3 Å². The van der Waals surface area contributed by atoms with E-state index in [1.54, 1.807) is 48.5 Å². The van der Waals surface area contributed by atoms with E-state index in [4.69, 9.17) is 16.3 Å². The fourth-order valence-electron chi connectivity index (χ4n) is 1.78. The van der Waals surface area contributed by atoms with Crippen LogP contribution in [0.5, 0.6) is 5.75 Å². The molecular weight excluding hydrogens is 330 g/mol. The van der Waals surface area contributed by atoms with Crippen LogP contribution in [0.25, 0.3) is 0 Å². The van der Waals surface area contributed by atoms with Gasteiger partial charge in [-0.1, -0.05) is 29.8 Å². The molecule has 0 radical (unpaired) electrons. The predicted octanol–water partition coefficient (Wildman–Crippen LogP) is 2.83. The van der Waals surface area contributed by atoms with Crippen LogP contribution in [-0.4, -0.2) is 24.6 Å². The van der Waals surface area contributed by atoms with Crippen molar-refractivity contribution in [2.24, 2.45) is 5.10 Å². The normalized spacial score (nSPS) is 10.4. The average molecular weight is 346 g/mol. The summed E-state index contributed by atoms with van der Waals surface area (Å²) < 4.78 is 5.30. The van der Waals surface area contributed by atoms with Gasteiger partial charge in [-0.05, 0) is 37.3 Å². The maximum atomic E-state index is 11.8. The summed E-state index contributed by atoms with van der Waals surface area (Å²) in [4.78, 5) is 23.5. The highest BCUT2D eigenvalue weighted by atomic mass is 35.5. The number of nitrogens with zero attached hydrogens (tertiary/aromatic N) is 1. The standard InChI is InChI=1S/C17H16ClN3O3/c1-2-24-14-9-7-13(8-10-14)20-16(22)17(23)21-19-11-12-5-3-4-6-15(12)18/h3-11H,2H2,1H3,(H,20,22)(H,21,23)/b19-11+. The first-order valence-corrected chi connectivity index (χ1v) is 7.59. The number of ether oxygens (including phenoxy) is 1. The van der Waals surface area contributed by atoms with E-state index in [1.165, 1.54) is 6.21 Å². The summed E-state index contributed by atoms with van der Waals surface area (Å²) in [5.74, 6) is -1.02. The number of carbonyl (C=O) groups excluding carboxylic acids is 2. The summed E-state index contributed by atoms with van der Waals surface area (Å²) in [6.45, 7) is 2.43. The molecule has 0 aliphatic heterocycles. The predicted molar refractivity (Wildman–Crippen MR) is 93.4 cm³/mol. The fourth-order valence-corrected chi connectivity index (χ4v) is 1.96. The van der Waals surface area contributed by atoms with Crippen LogP contribution in [0.15, 0.2) is 53.6 Å². The maximum Gasteiger partial charge on any atom is 0.329 e. The number of nitrogens with one attached hydrogen (secondary N) is 2. The van der Waals surface area contributed by atoms with Crippen molar-refractivity contribution in [1.29, 1.82) is 0 Å². The van der Waals surface area contributed by atoms with Gasteiger partial charge in [0.1, 0.15) is 5.75 Å². The Bertz CT molecular complexity index is 745. The molecule has 0 aliphatic rings. The Morgan fingerprint density at radius 2 is 1.83 bits per heavy atom. The van der Waals surface area contributed by atoms with Crippen molar-refractivity contribution in [2.45, 2.75) is 6.92 Å². The van der Waals surface area contributed by atoms with Crippen molar-refractivity contribution in [3.63, 3.8) is 0 Å². The highest BCUT2D eigenvalue weighted by Crippen LogP contribution is 2.15. The van der Waals surface area contributed by atoms with Crippen LogP contribution in [0.1, 0.15) is 12.5 Å². The summed E-state index contributed by atoms with van der Waals surface area (Å²) >= 11 is 5.95. The molecule has 2 N–H and O–H groups in total. The zero-order chi connectivity index (χ0) is 17.4. The second-order valence-electron chi connectivity index (χ2n) is 4.63. The third-order valence-corrected chi connectivity index (χ3v) is 3.25. The zero-order valence-electron chi connectivity index (χ0n) is 13.0. The van der Waals surface area contributed by atoms with E-state index in [0.717, 1.165) is 0 Å². The largest absolute Gasteiger partial charge is 0.494 e. The Balaban J connectivity index is 1.88. The fraction of sp³-hybridized carbons (Fsp3) is 0.118. The molecule has 0 atom stereocenters. The Hall–Kier alpha value is -2.86. The van der Waals surface area contributed by atoms with Crippen LogP contribution in [-0.2, 0) is 9.59 Å². The third-order valence-electron chi connectivity index (χ3n) is 2.90. The van der Waals surface area contributed by atoms with Crippen LogP contribution in [0.2, 0.25) is 5.02 Å². The minimum Gasteiger partial charge on any atom is -0.494 e. The number of hydrogen-bond donors (Lipinski definition) is 2. The van der Waals surface area contributed by atoms with Gasteiger partial charge in [0.25, 0.3) is 0 Å². The van der Waals surface area contributed by atoms with Gasteiger partial charge in [-0.15, -0.1) is 0 Å². The van der Waals surface area contributed by atoms with E-state index in [2.05, 4.69) is 15.8 Å². The molecule has 124 valence electrons. The van der Waals surface area contributed by atoms with E-state index in [1.807, 2.05) is 6.92 Å². The van der Waals surface area contributed by atoms with Crippen molar-refractivity contribution in [3.8, 4) is 5.75 Å². The smallest absolute Gasteiger partial charge is 0.329 e. The quantitative estimate of drug-likeness (QED) is 0.497. The third kappa shape index (κ3) is 5.10. The highest BCUT2D eigenvalue weighted by molar-refractivity contribution is 6.39. The number of amides is 2. The van der Waals surface area contributed by atoms with Gasteiger partial charge in [0.2, 0.25) is 0 Å². The first kappa shape index (κ1) is 17.5. The SMILES string of the molecule is CCOc1ccc(NC(=O)C(=O)N/N=C/c2ccccc2Cl)cc1. The molecule has 0 aliphatic carbocycles. The average Bonchev–Trinajstić information content (AvgIpc) is 2.58. The number of benzene rings is 2. The van der Waals surface area contributed by atoms with Crippen LogP contribution in [0.3, 0.4) is 0 Å². The lowest BCUT2D eigenvalue weighted by Crippen LogP contribution is -2.32. The molecule has 2 aromatic carbocycles. The number of hydrazone groups is 1. The van der Waals surface area contributed by atoms with E-state index < -0.39 is 11.8 Å². The number of anilines is 1. The lowest BCUT2D eigenvalue weighted by atomic mass is 10.2. The van der Waals surface area contributed by atoms with E-state index in [-0.39, 0.29) is 0 Å². The van der Waals surface area contributed by atoms with Gasteiger partial charge in [-0.3, -0.25) is 9.59 Å². The molecule has 0 unspecified atom stereocenters. The van der Waals surface area contributed by atoms with Gasteiger partial charge in [-0.25, -0.2) is 5.43 Å². The summed E-state index contributed by atoms with van der Waals surface area (Å²) in [6.07, 6.45) is 1.37. The van der Waals surface area contributed by atoms with Crippen molar-refractivity contribution >= 4 is 35.3 Å². The highest BCUT2D eigenvalue weighted by Gasteiger charge is 2.12. The number of halogens is 1. The molecule has 0 saturated heterocycles. The van der Waals surface area contributed by atoms with Gasteiger partial charge in [0.05, 0.1) is 12.8 Å². The van der Waals surface area contributed by atoms with Crippen molar-refractivity contribution in [2.75, 3.05) is 11.9 Å². The van der Waals surface area contributed by atoms with Crippen LogP contribution < -0.4 is 15.5 Å². The minimum absolute atomic E-state index is 0.480. The molecule has 2 amide bonds. The summed E-state index contributed by atoms with van der Waals surface area (Å²) in [7, 11) is 0. The summed E-state index contributed by atoms with van der Waals surface area (Å²) in [5.41, 5.74) is 3.26. The molecule has 0 bridgehead atoms. The van der Waals surface area contributed by atoms with Gasteiger partial charge in [0.15, 0.2) is 0 Å². The lowest BCUT2D eigenvalue weighted by Gasteiger charge is -2.06. The number of rotatable bonds is 5. The molecule has 7 heteroatoms. The van der Waals surface area contributed by atoms with E-state index >= 15 is 0 Å². The minimum atomic E-state index is -0.882. The molecule has 24 heavy (non-hydrogen) atoms.